The highest BCUT2D eigenvalue weighted by molar-refractivity contribution is 6.06. The number of fused-ring (bicyclic) bond motifs is 1. The molecule has 3 amide bonds. The van der Waals surface area contributed by atoms with Crippen molar-refractivity contribution in [3.05, 3.63) is 17.5 Å². The van der Waals surface area contributed by atoms with Crippen LogP contribution < -0.4 is 5.32 Å². The van der Waals surface area contributed by atoms with Crippen molar-refractivity contribution < 1.29 is 9.59 Å². The van der Waals surface area contributed by atoms with E-state index >= 15 is 0 Å². The molecule has 0 saturated carbocycles. The third kappa shape index (κ3) is 1.45. The Labute approximate surface area is 105 Å². The van der Waals surface area contributed by atoms with Crippen LogP contribution in [0.25, 0.3) is 0 Å². The number of aromatic amines is 1. The molecule has 1 aromatic heterocycles. The molecule has 1 aliphatic carbocycles. The van der Waals surface area contributed by atoms with Crippen LogP contribution in [-0.4, -0.2) is 32.6 Å². The number of aromatic nitrogens is 2. The second kappa shape index (κ2) is 3.57. The van der Waals surface area contributed by atoms with Crippen molar-refractivity contribution in [2.24, 2.45) is 0 Å². The number of nitrogens with zero attached hydrogens (tertiary/aromatic N) is 2. The number of amides is 3. The molecule has 6 nitrogen and oxygen atoms in total. The summed E-state index contributed by atoms with van der Waals surface area (Å²) in [4.78, 5) is 25.6. The SMILES string of the molecule is CC1(C)NC(=O)N([C@@H]2CCCc3cn[nH]c32)C1=O. The summed E-state index contributed by atoms with van der Waals surface area (Å²) in [5.41, 5.74) is 1.20. The number of hydrogen-bond donors (Lipinski definition) is 2. The van der Waals surface area contributed by atoms with Crippen LogP contribution in [0.1, 0.15) is 44.0 Å². The van der Waals surface area contributed by atoms with Gasteiger partial charge in [-0.2, -0.15) is 5.10 Å². The number of H-pyrrole nitrogens is 1. The highest BCUT2D eigenvalue weighted by atomic mass is 16.2. The third-order valence-corrected chi connectivity index (χ3v) is 3.71. The van der Waals surface area contributed by atoms with Gasteiger partial charge in [0.1, 0.15) is 5.54 Å². The van der Waals surface area contributed by atoms with Crippen LogP contribution in [0.4, 0.5) is 4.79 Å². The Morgan fingerprint density at radius 3 is 2.89 bits per heavy atom. The average Bonchev–Trinajstić information content (AvgIpc) is 2.83. The van der Waals surface area contributed by atoms with Crippen molar-refractivity contribution in [1.29, 1.82) is 0 Å². The minimum atomic E-state index is -0.811. The smallest absolute Gasteiger partial charge is 0.324 e. The fourth-order valence-corrected chi connectivity index (χ4v) is 2.75. The molecule has 0 radical (unpaired) electrons. The van der Waals surface area contributed by atoms with E-state index in [0.717, 1.165) is 30.5 Å². The summed E-state index contributed by atoms with van der Waals surface area (Å²) in [6.07, 6.45) is 4.50. The Hall–Kier alpha value is -1.85. The Morgan fingerprint density at radius 2 is 2.22 bits per heavy atom. The molecule has 0 aromatic carbocycles. The van der Waals surface area contributed by atoms with Gasteiger partial charge in [0.05, 0.1) is 17.9 Å². The molecule has 6 heteroatoms. The number of carbonyl (C=O) groups is 2. The average molecular weight is 248 g/mol. The maximum atomic E-state index is 12.3. The number of imide groups is 1. The largest absolute Gasteiger partial charge is 0.325 e. The topological polar surface area (TPSA) is 78.1 Å². The first-order valence-corrected chi connectivity index (χ1v) is 6.18. The van der Waals surface area contributed by atoms with Gasteiger partial charge in [0.25, 0.3) is 5.91 Å². The van der Waals surface area contributed by atoms with Crippen molar-refractivity contribution in [2.45, 2.75) is 44.7 Å². The third-order valence-electron chi connectivity index (χ3n) is 3.71. The molecule has 1 saturated heterocycles. The fourth-order valence-electron chi connectivity index (χ4n) is 2.75. The Bertz CT molecular complexity index is 520. The lowest BCUT2D eigenvalue weighted by molar-refractivity contribution is -0.132. The number of urea groups is 1. The maximum absolute atomic E-state index is 12.3. The maximum Gasteiger partial charge on any atom is 0.325 e. The van der Waals surface area contributed by atoms with Gasteiger partial charge in [-0.15, -0.1) is 0 Å². The number of nitrogens with one attached hydrogen (secondary N) is 2. The van der Waals surface area contributed by atoms with E-state index in [2.05, 4.69) is 15.5 Å². The molecule has 1 aromatic rings. The van der Waals surface area contributed by atoms with E-state index in [9.17, 15) is 9.59 Å². The van der Waals surface area contributed by atoms with Gasteiger partial charge in [-0.25, -0.2) is 4.79 Å². The molecule has 2 N–H and O–H groups in total. The van der Waals surface area contributed by atoms with Gasteiger partial charge in [-0.3, -0.25) is 14.8 Å². The lowest BCUT2D eigenvalue weighted by Gasteiger charge is -2.29. The summed E-state index contributed by atoms with van der Waals surface area (Å²) in [5, 5.41) is 9.66. The van der Waals surface area contributed by atoms with E-state index in [1.54, 1.807) is 20.0 Å². The highest BCUT2D eigenvalue weighted by Gasteiger charge is 2.48. The normalized spacial score (nSPS) is 26.1. The van der Waals surface area contributed by atoms with Crippen LogP contribution in [-0.2, 0) is 11.2 Å². The van der Waals surface area contributed by atoms with Crippen LogP contribution in [0.3, 0.4) is 0 Å². The van der Waals surface area contributed by atoms with E-state index in [1.165, 1.54) is 4.90 Å². The molecule has 2 heterocycles. The molecule has 1 aliphatic heterocycles. The Kier molecular flexibility index (Phi) is 2.23. The van der Waals surface area contributed by atoms with Crippen molar-refractivity contribution in [3.8, 4) is 0 Å². The van der Waals surface area contributed by atoms with Crippen LogP contribution in [0.15, 0.2) is 6.20 Å². The quantitative estimate of drug-likeness (QED) is 0.731. The van der Waals surface area contributed by atoms with E-state index in [0.29, 0.717) is 0 Å². The zero-order chi connectivity index (χ0) is 12.9. The van der Waals surface area contributed by atoms with Gasteiger partial charge in [0, 0.05) is 0 Å². The van der Waals surface area contributed by atoms with E-state index < -0.39 is 5.54 Å². The number of carbonyl (C=O) groups excluding carboxylic acids is 2. The van der Waals surface area contributed by atoms with Crippen LogP contribution in [0.2, 0.25) is 0 Å². The first-order valence-electron chi connectivity index (χ1n) is 6.18. The zero-order valence-corrected chi connectivity index (χ0v) is 10.5. The molecule has 2 aliphatic rings. The predicted molar refractivity (Wildman–Crippen MR) is 63.7 cm³/mol. The lowest BCUT2D eigenvalue weighted by Crippen LogP contribution is -2.41. The van der Waals surface area contributed by atoms with Gasteiger partial charge in [0.15, 0.2) is 0 Å². The van der Waals surface area contributed by atoms with Crippen molar-refractivity contribution in [3.63, 3.8) is 0 Å². The molecule has 18 heavy (non-hydrogen) atoms. The molecular formula is C12H16N4O2. The monoisotopic (exact) mass is 248 g/mol. The van der Waals surface area contributed by atoms with Crippen molar-refractivity contribution in [1.82, 2.24) is 20.4 Å². The fraction of sp³-hybridized carbons (Fsp3) is 0.583. The molecule has 0 unspecified atom stereocenters. The summed E-state index contributed by atoms with van der Waals surface area (Å²) in [5.74, 6) is -0.167. The standard InChI is InChI=1S/C12H16N4O2/c1-12(2)10(17)16(11(18)14-12)8-5-3-4-7-6-13-15-9(7)8/h6,8H,3-5H2,1-2H3,(H,13,15)(H,14,18)/t8-/m1/s1. The predicted octanol–water partition coefficient (Wildman–Crippen LogP) is 1.12. The Balaban J connectivity index is 1.98. The molecule has 3 rings (SSSR count). The molecule has 96 valence electrons. The Morgan fingerprint density at radius 1 is 1.44 bits per heavy atom. The van der Waals surface area contributed by atoms with Gasteiger partial charge in [-0.1, -0.05) is 0 Å². The summed E-state index contributed by atoms with van der Waals surface area (Å²) < 4.78 is 0. The zero-order valence-electron chi connectivity index (χ0n) is 10.5. The first kappa shape index (κ1) is 11.3. The first-order chi connectivity index (χ1) is 8.50. The minimum Gasteiger partial charge on any atom is -0.324 e. The summed E-state index contributed by atoms with van der Waals surface area (Å²) in [6.45, 7) is 3.45. The van der Waals surface area contributed by atoms with Crippen LogP contribution in [0, 0.1) is 0 Å². The molecular weight excluding hydrogens is 232 g/mol. The van der Waals surface area contributed by atoms with Crippen molar-refractivity contribution in [2.75, 3.05) is 0 Å². The van der Waals surface area contributed by atoms with Gasteiger partial charge in [0.2, 0.25) is 0 Å². The number of aryl methyl sites for hydroxylation is 1. The summed E-state index contributed by atoms with van der Waals surface area (Å²) >= 11 is 0. The van der Waals surface area contributed by atoms with E-state index in [-0.39, 0.29) is 18.0 Å². The highest BCUT2D eigenvalue weighted by Crippen LogP contribution is 2.36. The minimum absolute atomic E-state index is 0.167. The molecule has 1 fully saturated rings. The lowest BCUT2D eigenvalue weighted by atomic mass is 9.92. The summed E-state index contributed by atoms with van der Waals surface area (Å²) in [7, 11) is 0. The summed E-state index contributed by atoms with van der Waals surface area (Å²) in [6, 6.07) is -0.511. The van der Waals surface area contributed by atoms with Crippen LogP contribution in [0.5, 0.6) is 0 Å². The molecule has 0 spiro atoms. The van der Waals surface area contributed by atoms with Gasteiger partial charge >= 0.3 is 6.03 Å². The van der Waals surface area contributed by atoms with E-state index in [1.807, 2.05) is 0 Å². The van der Waals surface area contributed by atoms with E-state index in [4.69, 9.17) is 0 Å². The second-order valence-electron chi connectivity index (χ2n) is 5.45. The second-order valence-corrected chi connectivity index (χ2v) is 5.45. The molecule has 0 bridgehead atoms. The van der Waals surface area contributed by atoms with Gasteiger partial charge in [-0.05, 0) is 38.7 Å². The van der Waals surface area contributed by atoms with Crippen molar-refractivity contribution >= 4 is 11.9 Å². The number of hydrogen-bond acceptors (Lipinski definition) is 3. The van der Waals surface area contributed by atoms with Crippen LogP contribution >= 0.6 is 0 Å². The number of rotatable bonds is 1. The molecule has 1 atom stereocenters. The van der Waals surface area contributed by atoms with Gasteiger partial charge < -0.3 is 5.32 Å².